The van der Waals surface area contributed by atoms with E-state index < -0.39 is 0 Å². The third-order valence-corrected chi connectivity index (χ3v) is 5.64. The van der Waals surface area contributed by atoms with E-state index in [1.54, 1.807) is 42.5 Å². The smallest absolute Gasteiger partial charge is 0.255 e. The van der Waals surface area contributed by atoms with Crippen molar-refractivity contribution in [2.45, 2.75) is 26.4 Å². The van der Waals surface area contributed by atoms with Crippen molar-refractivity contribution in [3.05, 3.63) is 82.6 Å². The van der Waals surface area contributed by atoms with E-state index in [4.69, 9.17) is 21.6 Å². The molecule has 1 amide bonds. The van der Waals surface area contributed by atoms with Gasteiger partial charge in [-0.05, 0) is 49.7 Å². The molecular weight excluding hydrogens is 478 g/mol. The van der Waals surface area contributed by atoms with Gasteiger partial charge in [-0.15, -0.1) is 0 Å². The van der Waals surface area contributed by atoms with Crippen molar-refractivity contribution in [1.29, 1.82) is 5.26 Å². The number of aromatic nitrogens is 4. The Bertz CT molecular complexity index is 1430. The SMILES string of the molecule is COc1cc(Nc2ncc(Cl)c(-c3ccn(C(C)C)n3)n2)ccc1C(=O)NCc1ccc(C#N)cc1. The van der Waals surface area contributed by atoms with Crippen LogP contribution in [0.5, 0.6) is 5.75 Å². The molecule has 0 spiro atoms. The summed E-state index contributed by atoms with van der Waals surface area (Å²) < 4.78 is 7.28. The van der Waals surface area contributed by atoms with Gasteiger partial charge in [-0.2, -0.15) is 10.4 Å². The van der Waals surface area contributed by atoms with E-state index in [9.17, 15) is 4.79 Å². The van der Waals surface area contributed by atoms with Crippen LogP contribution in [-0.4, -0.2) is 32.8 Å². The lowest BCUT2D eigenvalue weighted by Crippen LogP contribution is -2.23. The number of nitrogens with one attached hydrogen (secondary N) is 2. The van der Waals surface area contributed by atoms with Crippen LogP contribution in [-0.2, 0) is 6.54 Å². The molecule has 9 nitrogen and oxygen atoms in total. The summed E-state index contributed by atoms with van der Waals surface area (Å²) in [5.74, 6) is 0.435. The summed E-state index contributed by atoms with van der Waals surface area (Å²) in [4.78, 5) is 21.6. The van der Waals surface area contributed by atoms with Gasteiger partial charge in [0.25, 0.3) is 5.91 Å². The fourth-order valence-corrected chi connectivity index (χ4v) is 3.61. The minimum absolute atomic E-state index is 0.212. The van der Waals surface area contributed by atoms with Crippen LogP contribution in [0.4, 0.5) is 11.6 Å². The van der Waals surface area contributed by atoms with Crippen molar-refractivity contribution < 1.29 is 9.53 Å². The number of anilines is 2. The molecule has 10 heteroatoms. The van der Waals surface area contributed by atoms with Crippen molar-refractivity contribution in [2.75, 3.05) is 12.4 Å². The predicted molar refractivity (Wildman–Crippen MR) is 137 cm³/mol. The molecule has 2 N–H and O–H groups in total. The van der Waals surface area contributed by atoms with Crippen LogP contribution in [0.2, 0.25) is 5.02 Å². The molecule has 0 aliphatic carbocycles. The van der Waals surface area contributed by atoms with Crippen molar-refractivity contribution >= 4 is 29.1 Å². The number of nitrogens with zero attached hydrogens (tertiary/aromatic N) is 5. The maximum Gasteiger partial charge on any atom is 0.255 e. The molecule has 0 unspecified atom stereocenters. The Balaban J connectivity index is 1.49. The topological polar surface area (TPSA) is 118 Å². The monoisotopic (exact) mass is 501 g/mol. The average molecular weight is 502 g/mol. The van der Waals surface area contributed by atoms with Gasteiger partial charge >= 0.3 is 0 Å². The second-order valence-electron chi connectivity index (χ2n) is 8.20. The molecule has 2 aromatic carbocycles. The van der Waals surface area contributed by atoms with Crippen LogP contribution in [0.3, 0.4) is 0 Å². The minimum Gasteiger partial charge on any atom is -0.496 e. The Morgan fingerprint density at radius 2 is 1.97 bits per heavy atom. The van der Waals surface area contributed by atoms with Crippen LogP contribution < -0.4 is 15.4 Å². The van der Waals surface area contributed by atoms with Gasteiger partial charge in [-0.1, -0.05) is 23.7 Å². The van der Waals surface area contributed by atoms with Gasteiger partial charge in [0.1, 0.15) is 17.1 Å². The first kappa shape index (κ1) is 24.7. The summed E-state index contributed by atoms with van der Waals surface area (Å²) in [6.07, 6.45) is 3.39. The normalized spacial score (nSPS) is 10.7. The molecule has 182 valence electrons. The summed E-state index contributed by atoms with van der Waals surface area (Å²) >= 11 is 6.33. The van der Waals surface area contributed by atoms with Gasteiger partial charge in [-0.3, -0.25) is 9.48 Å². The maximum absolute atomic E-state index is 12.8. The zero-order valence-corrected chi connectivity index (χ0v) is 20.7. The van der Waals surface area contributed by atoms with E-state index in [0.29, 0.717) is 51.5 Å². The molecule has 0 aliphatic rings. The Labute approximate surface area is 213 Å². The highest BCUT2D eigenvalue weighted by molar-refractivity contribution is 6.32. The van der Waals surface area contributed by atoms with E-state index >= 15 is 0 Å². The summed E-state index contributed by atoms with van der Waals surface area (Å²) in [5.41, 5.74) is 3.63. The molecule has 0 saturated carbocycles. The highest BCUT2D eigenvalue weighted by Gasteiger charge is 2.15. The molecule has 0 fully saturated rings. The first-order valence-electron chi connectivity index (χ1n) is 11.2. The largest absolute Gasteiger partial charge is 0.496 e. The fourth-order valence-electron chi connectivity index (χ4n) is 3.42. The zero-order chi connectivity index (χ0) is 25.7. The molecule has 0 aliphatic heterocycles. The Hall–Kier alpha value is -4.42. The Morgan fingerprint density at radius 1 is 1.19 bits per heavy atom. The molecule has 2 heterocycles. The van der Waals surface area contributed by atoms with Gasteiger partial charge in [0.2, 0.25) is 5.95 Å². The molecule has 0 atom stereocenters. The summed E-state index contributed by atoms with van der Waals surface area (Å²) in [7, 11) is 1.50. The number of halogens is 1. The van der Waals surface area contributed by atoms with Gasteiger partial charge in [0.05, 0.1) is 35.5 Å². The van der Waals surface area contributed by atoms with Crippen LogP contribution >= 0.6 is 11.6 Å². The number of ether oxygens (including phenoxy) is 1. The van der Waals surface area contributed by atoms with E-state index in [-0.39, 0.29) is 11.9 Å². The van der Waals surface area contributed by atoms with Crippen molar-refractivity contribution in [3.63, 3.8) is 0 Å². The second kappa shape index (κ2) is 10.9. The number of methoxy groups -OCH3 is 1. The number of hydrogen-bond donors (Lipinski definition) is 2. The lowest BCUT2D eigenvalue weighted by molar-refractivity contribution is 0.0948. The van der Waals surface area contributed by atoms with Gasteiger partial charge < -0.3 is 15.4 Å². The second-order valence-corrected chi connectivity index (χ2v) is 8.60. The Morgan fingerprint density at radius 3 is 2.64 bits per heavy atom. The van der Waals surface area contributed by atoms with Crippen LogP contribution in [0.15, 0.2) is 60.9 Å². The molecule has 0 saturated heterocycles. The molecule has 4 aromatic rings. The van der Waals surface area contributed by atoms with Crippen molar-refractivity contribution in [1.82, 2.24) is 25.1 Å². The lowest BCUT2D eigenvalue weighted by atomic mass is 10.1. The molecule has 0 bridgehead atoms. The van der Waals surface area contributed by atoms with Crippen molar-refractivity contribution in [2.24, 2.45) is 0 Å². The molecule has 4 rings (SSSR count). The van der Waals surface area contributed by atoms with E-state index in [2.05, 4.69) is 31.8 Å². The highest BCUT2D eigenvalue weighted by atomic mass is 35.5. The molecular formula is C26H24ClN7O2. The van der Waals surface area contributed by atoms with E-state index in [0.717, 1.165) is 5.56 Å². The average Bonchev–Trinajstić information content (AvgIpc) is 3.39. The van der Waals surface area contributed by atoms with Crippen molar-refractivity contribution in [3.8, 4) is 23.2 Å². The van der Waals surface area contributed by atoms with E-state index in [1.807, 2.05) is 30.8 Å². The number of hydrogen-bond acceptors (Lipinski definition) is 7. The minimum atomic E-state index is -0.284. The highest BCUT2D eigenvalue weighted by Crippen LogP contribution is 2.28. The predicted octanol–water partition coefficient (Wildman–Crippen LogP) is 5.13. The molecule has 36 heavy (non-hydrogen) atoms. The standard InChI is InChI=1S/C26H24ClN7O2/c1-16(2)34-11-10-22(33-34)24-21(27)15-30-26(32-24)31-19-8-9-20(23(12-19)36-3)25(35)29-14-18-6-4-17(13-28)5-7-18/h4-12,15-16H,14H2,1-3H3,(H,29,35)(H,30,31,32). The zero-order valence-electron chi connectivity index (χ0n) is 20.0. The number of carbonyl (C=O) groups excluding carboxylic acids is 1. The number of amides is 1. The van der Waals surface area contributed by atoms with Crippen LogP contribution in [0.25, 0.3) is 11.4 Å². The first-order valence-corrected chi connectivity index (χ1v) is 11.6. The van der Waals surface area contributed by atoms with Gasteiger partial charge in [0, 0.05) is 30.5 Å². The van der Waals surface area contributed by atoms with Gasteiger partial charge in [-0.25, -0.2) is 9.97 Å². The van der Waals surface area contributed by atoms with Gasteiger partial charge in [0.15, 0.2) is 0 Å². The van der Waals surface area contributed by atoms with Crippen LogP contribution in [0, 0.1) is 11.3 Å². The lowest BCUT2D eigenvalue weighted by Gasteiger charge is -2.12. The number of carbonyl (C=O) groups is 1. The van der Waals surface area contributed by atoms with E-state index in [1.165, 1.54) is 13.3 Å². The quantitative estimate of drug-likeness (QED) is 0.343. The summed E-state index contributed by atoms with van der Waals surface area (Å²) in [6.45, 7) is 4.40. The maximum atomic E-state index is 12.8. The number of nitriles is 1. The molecule has 2 aromatic heterocycles. The number of benzene rings is 2. The third kappa shape index (κ3) is 5.62. The summed E-state index contributed by atoms with van der Waals surface area (Å²) in [5, 5.41) is 19.8. The number of rotatable bonds is 8. The van der Waals surface area contributed by atoms with Crippen LogP contribution in [0.1, 0.15) is 41.4 Å². The fraction of sp³-hybridized carbons (Fsp3) is 0.192. The first-order chi connectivity index (χ1) is 17.4. The molecule has 0 radical (unpaired) electrons. The third-order valence-electron chi connectivity index (χ3n) is 5.36. The Kier molecular flexibility index (Phi) is 7.47. The summed E-state index contributed by atoms with van der Waals surface area (Å²) in [6, 6.07) is 16.3.